The molecule has 4 heteroatoms. The Morgan fingerprint density at radius 1 is 1.69 bits per heavy atom. The van der Waals surface area contributed by atoms with Gasteiger partial charge in [-0.25, -0.2) is 4.98 Å². The van der Waals surface area contributed by atoms with Crippen molar-refractivity contribution in [2.75, 3.05) is 13.2 Å². The zero-order valence-electron chi connectivity index (χ0n) is 8.12. The van der Waals surface area contributed by atoms with Crippen LogP contribution in [0.15, 0.2) is 6.20 Å². The summed E-state index contributed by atoms with van der Waals surface area (Å²) in [5, 5.41) is 1.06. The molecule has 1 heterocycles. The third-order valence-electron chi connectivity index (χ3n) is 1.65. The Labute approximate surface area is 82.9 Å². The van der Waals surface area contributed by atoms with Crippen LogP contribution in [0.5, 0.6) is 0 Å². The van der Waals surface area contributed by atoms with Crippen LogP contribution in [0, 0.1) is 6.92 Å². The highest BCUT2D eigenvalue weighted by Crippen LogP contribution is 2.18. The normalized spacial score (nSPS) is 13.2. The van der Waals surface area contributed by atoms with Crippen LogP contribution in [0.25, 0.3) is 0 Å². The molecule has 0 aliphatic rings. The second-order valence-electron chi connectivity index (χ2n) is 2.96. The van der Waals surface area contributed by atoms with Gasteiger partial charge in [-0.2, -0.15) is 0 Å². The van der Waals surface area contributed by atoms with E-state index in [1.165, 1.54) is 0 Å². The minimum Gasteiger partial charge on any atom is -0.379 e. The van der Waals surface area contributed by atoms with E-state index in [0.29, 0.717) is 6.61 Å². The first kappa shape index (κ1) is 10.6. The number of hydrogen-bond acceptors (Lipinski definition) is 4. The van der Waals surface area contributed by atoms with Gasteiger partial charge in [0.1, 0.15) is 0 Å². The lowest BCUT2D eigenvalue weighted by atomic mass is 10.3. The van der Waals surface area contributed by atoms with Crippen LogP contribution in [0.2, 0.25) is 0 Å². The zero-order valence-corrected chi connectivity index (χ0v) is 8.93. The zero-order chi connectivity index (χ0) is 9.68. The summed E-state index contributed by atoms with van der Waals surface area (Å²) in [5.74, 6) is 0. The van der Waals surface area contributed by atoms with Gasteiger partial charge >= 0.3 is 0 Å². The van der Waals surface area contributed by atoms with Crippen molar-refractivity contribution >= 4 is 11.3 Å². The Balaban J connectivity index is 2.35. The van der Waals surface area contributed by atoms with E-state index in [0.717, 1.165) is 22.9 Å². The summed E-state index contributed by atoms with van der Waals surface area (Å²) >= 11 is 1.64. The van der Waals surface area contributed by atoms with Gasteiger partial charge in [0.2, 0.25) is 0 Å². The third-order valence-corrected chi connectivity index (χ3v) is 2.70. The summed E-state index contributed by atoms with van der Waals surface area (Å²) in [4.78, 5) is 5.25. The van der Waals surface area contributed by atoms with Crippen LogP contribution >= 0.6 is 11.3 Å². The van der Waals surface area contributed by atoms with Crippen molar-refractivity contribution in [2.45, 2.75) is 26.3 Å². The van der Waals surface area contributed by atoms with Crippen molar-refractivity contribution < 1.29 is 4.74 Å². The summed E-state index contributed by atoms with van der Waals surface area (Å²) < 4.78 is 5.36. The molecule has 13 heavy (non-hydrogen) atoms. The fraction of sp³-hybridized carbons (Fsp3) is 0.667. The molecule has 1 aromatic heterocycles. The van der Waals surface area contributed by atoms with E-state index in [9.17, 15) is 0 Å². The maximum absolute atomic E-state index is 5.89. The molecule has 3 nitrogen and oxygen atoms in total. The lowest BCUT2D eigenvalue weighted by molar-refractivity contribution is 0.122. The molecule has 0 radical (unpaired) electrons. The molecule has 1 rings (SSSR count). The number of ether oxygens (including phenoxy) is 1. The number of nitrogens with zero attached hydrogens (tertiary/aromatic N) is 1. The molecule has 74 valence electrons. The fourth-order valence-corrected chi connectivity index (χ4v) is 1.76. The third kappa shape index (κ3) is 3.42. The van der Waals surface area contributed by atoms with E-state index in [4.69, 9.17) is 10.5 Å². The average Bonchev–Trinajstić information content (AvgIpc) is 2.52. The monoisotopic (exact) mass is 200 g/mol. The minimum absolute atomic E-state index is 0.0160. The topological polar surface area (TPSA) is 48.1 Å². The van der Waals surface area contributed by atoms with Gasteiger partial charge in [-0.05, 0) is 13.3 Å². The Hall–Kier alpha value is -0.450. The molecular formula is C9H16N2OS. The van der Waals surface area contributed by atoms with E-state index < -0.39 is 0 Å². The van der Waals surface area contributed by atoms with Crippen molar-refractivity contribution in [1.29, 1.82) is 0 Å². The smallest absolute Gasteiger partial charge is 0.0897 e. The second kappa shape index (κ2) is 5.32. The van der Waals surface area contributed by atoms with Crippen molar-refractivity contribution in [2.24, 2.45) is 5.73 Å². The van der Waals surface area contributed by atoms with Crippen LogP contribution in [0.1, 0.15) is 29.3 Å². The highest BCUT2D eigenvalue weighted by atomic mass is 32.1. The highest BCUT2D eigenvalue weighted by molar-refractivity contribution is 7.11. The van der Waals surface area contributed by atoms with Crippen LogP contribution in [0.4, 0.5) is 0 Å². The van der Waals surface area contributed by atoms with Crippen LogP contribution < -0.4 is 5.73 Å². The van der Waals surface area contributed by atoms with Gasteiger partial charge in [-0.1, -0.05) is 6.92 Å². The molecule has 0 aliphatic carbocycles. The molecule has 1 aromatic rings. The molecule has 0 saturated heterocycles. The van der Waals surface area contributed by atoms with Gasteiger partial charge in [-0.3, -0.25) is 0 Å². The first-order chi connectivity index (χ1) is 6.24. The van der Waals surface area contributed by atoms with Crippen LogP contribution in [0.3, 0.4) is 0 Å². The largest absolute Gasteiger partial charge is 0.379 e. The second-order valence-corrected chi connectivity index (χ2v) is 4.23. The maximum atomic E-state index is 5.89. The number of nitrogens with two attached hydrogens (primary N) is 1. The quantitative estimate of drug-likeness (QED) is 0.738. The van der Waals surface area contributed by atoms with E-state index in [2.05, 4.69) is 11.9 Å². The Kier molecular flexibility index (Phi) is 4.35. The number of thiazole rings is 1. The summed E-state index contributed by atoms with van der Waals surface area (Å²) in [7, 11) is 0. The van der Waals surface area contributed by atoms with Crippen molar-refractivity contribution in [3.63, 3.8) is 0 Å². The molecule has 0 bridgehead atoms. The number of aromatic nitrogens is 1. The van der Waals surface area contributed by atoms with E-state index in [-0.39, 0.29) is 6.04 Å². The molecule has 1 atom stereocenters. The maximum Gasteiger partial charge on any atom is 0.0897 e. The van der Waals surface area contributed by atoms with Gasteiger partial charge < -0.3 is 10.5 Å². The SMILES string of the molecule is CCCOCC(N)c1cnc(C)s1. The molecule has 0 saturated carbocycles. The predicted molar refractivity (Wildman–Crippen MR) is 54.9 cm³/mol. The Morgan fingerprint density at radius 3 is 3.00 bits per heavy atom. The molecule has 0 fully saturated rings. The molecule has 2 N–H and O–H groups in total. The first-order valence-electron chi connectivity index (χ1n) is 4.49. The van der Waals surface area contributed by atoms with Crippen LogP contribution in [-0.2, 0) is 4.74 Å². The number of hydrogen-bond donors (Lipinski definition) is 1. The predicted octanol–water partition coefficient (Wildman–Crippen LogP) is 1.88. The molecule has 0 aromatic carbocycles. The number of aryl methyl sites for hydroxylation is 1. The highest BCUT2D eigenvalue weighted by Gasteiger charge is 2.08. The summed E-state index contributed by atoms with van der Waals surface area (Å²) in [5.41, 5.74) is 5.89. The van der Waals surface area contributed by atoms with E-state index in [1.54, 1.807) is 11.3 Å². The van der Waals surface area contributed by atoms with E-state index in [1.807, 2.05) is 13.1 Å². The van der Waals surface area contributed by atoms with Crippen LogP contribution in [-0.4, -0.2) is 18.2 Å². The minimum atomic E-state index is -0.0160. The Bertz CT molecular complexity index is 250. The number of rotatable bonds is 5. The first-order valence-corrected chi connectivity index (χ1v) is 5.31. The lowest BCUT2D eigenvalue weighted by Crippen LogP contribution is -2.16. The average molecular weight is 200 g/mol. The summed E-state index contributed by atoms with van der Waals surface area (Å²) in [6.07, 6.45) is 2.87. The van der Waals surface area contributed by atoms with E-state index >= 15 is 0 Å². The molecule has 0 spiro atoms. The summed E-state index contributed by atoms with van der Waals surface area (Å²) in [6, 6.07) is -0.0160. The van der Waals surface area contributed by atoms with Crippen molar-refractivity contribution in [1.82, 2.24) is 4.98 Å². The van der Waals surface area contributed by atoms with Crippen molar-refractivity contribution in [3.8, 4) is 0 Å². The van der Waals surface area contributed by atoms with Crippen molar-refractivity contribution in [3.05, 3.63) is 16.1 Å². The molecule has 0 amide bonds. The molecule has 0 aliphatic heterocycles. The molecule has 1 unspecified atom stereocenters. The molecular weight excluding hydrogens is 184 g/mol. The van der Waals surface area contributed by atoms with Gasteiger partial charge in [0.25, 0.3) is 0 Å². The standard InChI is InChI=1S/C9H16N2OS/c1-3-4-12-6-8(10)9-5-11-7(2)13-9/h5,8H,3-4,6,10H2,1-2H3. The van der Waals surface area contributed by atoms with Gasteiger partial charge in [0.15, 0.2) is 0 Å². The fourth-order valence-electron chi connectivity index (χ4n) is 0.986. The van der Waals surface area contributed by atoms with Gasteiger partial charge in [-0.15, -0.1) is 11.3 Å². The Morgan fingerprint density at radius 2 is 2.46 bits per heavy atom. The lowest BCUT2D eigenvalue weighted by Gasteiger charge is -2.08. The van der Waals surface area contributed by atoms with Gasteiger partial charge in [0.05, 0.1) is 17.7 Å². The van der Waals surface area contributed by atoms with Gasteiger partial charge in [0, 0.05) is 17.7 Å². The summed E-state index contributed by atoms with van der Waals surface area (Å²) in [6.45, 7) is 5.44.